The van der Waals surface area contributed by atoms with Gasteiger partial charge in [-0.25, -0.2) is 0 Å². The number of hydrogen-bond donors (Lipinski definition) is 2. The highest BCUT2D eigenvalue weighted by atomic mass is 35.5. The van der Waals surface area contributed by atoms with E-state index in [0.717, 1.165) is 0 Å². The van der Waals surface area contributed by atoms with Crippen LogP contribution < -0.4 is 10.6 Å². The first-order valence-corrected chi connectivity index (χ1v) is 15.3. The normalized spacial score (nSPS) is 15.9. The standard InChI is InChI=1S/C26H10Cl2F32N2O2/c27-25(57,58)23(53,54)21(49,50)19(45,46)17(41,42)15(37,38)13(33,34)11(29,30)9(63)61-5-7-2-1-3-8(4-7)6-62-10(64)12(31,32)14(35,36)16(39,40)18(43,44)20(47,48)22(51,52)24(55,56)26(28,59)60/h1-4H,5-6H2,(H,61,63)(H,62,64). The predicted molar refractivity (Wildman–Crippen MR) is 141 cm³/mol. The summed E-state index contributed by atoms with van der Waals surface area (Å²) >= 11 is 6.73. The fourth-order valence-electron chi connectivity index (χ4n) is 4.05. The number of rotatable bonds is 20. The van der Waals surface area contributed by atoms with E-state index in [-0.39, 0.29) is 6.07 Å². The zero-order chi connectivity index (χ0) is 52.0. The molecule has 0 spiro atoms. The van der Waals surface area contributed by atoms with Crippen molar-refractivity contribution in [1.82, 2.24) is 10.6 Å². The molecule has 0 radical (unpaired) electrons. The van der Waals surface area contributed by atoms with Crippen molar-refractivity contribution in [3.8, 4) is 0 Å². The Bertz CT molecular complexity index is 1760. The maximum atomic E-state index is 14.2. The minimum Gasteiger partial charge on any atom is -0.347 e. The number of amides is 2. The molecule has 64 heavy (non-hydrogen) atoms. The molecular weight excluding hydrogens is 1050 g/mol. The van der Waals surface area contributed by atoms with Crippen LogP contribution in [0.4, 0.5) is 140 Å². The Hall–Kier alpha value is -3.50. The van der Waals surface area contributed by atoms with Crippen LogP contribution in [0.3, 0.4) is 0 Å². The van der Waals surface area contributed by atoms with Crippen molar-refractivity contribution < 1.29 is 150 Å². The van der Waals surface area contributed by atoms with Crippen molar-refractivity contribution in [2.24, 2.45) is 0 Å². The zero-order valence-electron chi connectivity index (χ0n) is 28.4. The molecule has 2 amide bonds. The molecule has 374 valence electrons. The van der Waals surface area contributed by atoms with Gasteiger partial charge in [0.15, 0.2) is 0 Å². The van der Waals surface area contributed by atoms with Crippen molar-refractivity contribution in [3.05, 3.63) is 35.4 Å². The third-order valence-corrected chi connectivity index (χ3v) is 8.39. The first-order chi connectivity index (χ1) is 27.5. The molecule has 0 aliphatic carbocycles. The van der Waals surface area contributed by atoms with Gasteiger partial charge in [-0.3, -0.25) is 9.59 Å². The van der Waals surface area contributed by atoms with Gasteiger partial charge in [-0.15, -0.1) is 0 Å². The van der Waals surface area contributed by atoms with Crippen LogP contribution in [-0.4, -0.2) is 105 Å². The Balaban J connectivity index is 3.41. The van der Waals surface area contributed by atoms with Gasteiger partial charge in [0.25, 0.3) is 11.8 Å². The molecule has 0 aliphatic heterocycles. The fourth-order valence-corrected chi connectivity index (χ4v) is 4.29. The summed E-state index contributed by atoms with van der Waals surface area (Å²) in [6, 6.07) is 1.15. The number of alkyl halides is 34. The van der Waals surface area contributed by atoms with Gasteiger partial charge < -0.3 is 10.6 Å². The molecule has 0 aliphatic rings. The molecule has 1 aromatic carbocycles. The summed E-state index contributed by atoms with van der Waals surface area (Å²) in [4.78, 5) is 23.4. The molecule has 0 bridgehead atoms. The van der Waals surface area contributed by atoms with E-state index < -0.39 is 130 Å². The van der Waals surface area contributed by atoms with Crippen molar-refractivity contribution in [3.63, 3.8) is 0 Å². The van der Waals surface area contributed by atoms with Crippen LogP contribution in [0.5, 0.6) is 0 Å². The number of carbonyl (C=O) groups excluding carboxylic acids is 2. The maximum absolute atomic E-state index is 14.2. The average Bonchev–Trinajstić information content (AvgIpc) is 3.10. The van der Waals surface area contributed by atoms with Gasteiger partial charge in [-0.05, 0) is 34.3 Å². The average molecular weight is 1060 g/mol. The molecule has 2 N–H and O–H groups in total. The summed E-state index contributed by atoms with van der Waals surface area (Å²) in [7, 11) is 0. The van der Waals surface area contributed by atoms with Crippen LogP contribution in [0.15, 0.2) is 24.3 Å². The van der Waals surface area contributed by atoms with E-state index in [4.69, 9.17) is 0 Å². The largest absolute Gasteiger partial charge is 0.393 e. The Morgan fingerprint density at radius 3 is 0.734 bits per heavy atom. The van der Waals surface area contributed by atoms with Crippen LogP contribution in [0.1, 0.15) is 11.1 Å². The number of nitrogens with one attached hydrogen (secondary N) is 2. The summed E-state index contributed by atoms with van der Waals surface area (Å²) in [5.74, 6) is -127. The van der Waals surface area contributed by atoms with Crippen LogP contribution >= 0.6 is 23.2 Å². The molecule has 0 saturated carbocycles. The lowest BCUT2D eigenvalue weighted by Gasteiger charge is -2.42. The van der Waals surface area contributed by atoms with Gasteiger partial charge in [0, 0.05) is 13.1 Å². The summed E-state index contributed by atoms with van der Waals surface area (Å²) in [5, 5.41) is -13.4. The molecule has 0 saturated heterocycles. The van der Waals surface area contributed by atoms with Crippen LogP contribution in [0, 0.1) is 0 Å². The number of halogens is 34. The highest BCUT2D eigenvalue weighted by Gasteiger charge is 2.97. The molecule has 38 heteroatoms. The second-order valence-corrected chi connectivity index (χ2v) is 13.2. The molecule has 0 heterocycles. The predicted octanol–water partition coefficient (Wildman–Crippen LogP) is 11.5. The summed E-state index contributed by atoms with van der Waals surface area (Å²) in [6.07, 6.45) is 0. The number of hydrogen-bond acceptors (Lipinski definition) is 2. The van der Waals surface area contributed by atoms with Gasteiger partial charge in [-0.2, -0.15) is 140 Å². The lowest BCUT2D eigenvalue weighted by molar-refractivity contribution is -0.446. The smallest absolute Gasteiger partial charge is 0.347 e. The van der Waals surface area contributed by atoms with Crippen molar-refractivity contribution in [1.29, 1.82) is 0 Å². The Morgan fingerprint density at radius 1 is 0.344 bits per heavy atom. The van der Waals surface area contributed by atoms with Crippen molar-refractivity contribution in [2.75, 3.05) is 0 Å². The Morgan fingerprint density at radius 2 is 0.531 bits per heavy atom. The van der Waals surface area contributed by atoms with Gasteiger partial charge >= 0.3 is 93.7 Å². The summed E-state index contributed by atoms with van der Waals surface area (Å²) < 4.78 is 437. The van der Waals surface area contributed by atoms with Crippen LogP contribution in [0.25, 0.3) is 0 Å². The molecule has 0 aromatic heterocycles. The topological polar surface area (TPSA) is 58.2 Å². The lowest BCUT2D eigenvalue weighted by Crippen LogP contribution is -2.75. The van der Waals surface area contributed by atoms with Crippen LogP contribution in [-0.2, 0) is 22.7 Å². The fraction of sp³-hybridized carbons (Fsp3) is 0.692. The third kappa shape index (κ3) is 8.10. The Labute approximate surface area is 338 Å². The second kappa shape index (κ2) is 16.1. The van der Waals surface area contributed by atoms with E-state index >= 15 is 0 Å². The first kappa shape index (κ1) is 58.5. The molecule has 0 fully saturated rings. The summed E-state index contributed by atoms with van der Waals surface area (Å²) in [6.45, 7) is -3.97. The number of benzene rings is 1. The Kier molecular flexibility index (Phi) is 14.7. The quantitative estimate of drug-likeness (QED) is 0.101. The molecule has 1 aromatic rings. The SMILES string of the molecule is O=C(NCc1cccc(CNC(=O)C(F)(F)C(F)(F)C(F)(F)C(F)(F)C(F)(F)C(F)(F)C(F)(F)C(F)(F)Cl)c1)C(F)(F)C(F)(F)C(F)(F)C(F)(F)C(F)(F)C(F)(F)C(F)(F)C(F)(F)Cl. The van der Waals surface area contributed by atoms with Crippen molar-refractivity contribution >= 4 is 35.0 Å². The number of carbonyl (C=O) groups is 2. The van der Waals surface area contributed by atoms with E-state index in [1.807, 2.05) is 0 Å². The monoisotopic (exact) mass is 1060 g/mol. The second-order valence-electron chi connectivity index (χ2n) is 12.2. The van der Waals surface area contributed by atoms with Gasteiger partial charge in [0.1, 0.15) is 0 Å². The molecular formula is C26H10Cl2F32N2O2. The zero-order valence-corrected chi connectivity index (χ0v) is 29.9. The van der Waals surface area contributed by atoms with E-state index in [1.54, 1.807) is 0 Å². The van der Waals surface area contributed by atoms with Gasteiger partial charge in [0.05, 0.1) is 0 Å². The summed E-state index contributed by atoms with van der Waals surface area (Å²) in [5.41, 5.74) is -2.23. The van der Waals surface area contributed by atoms with E-state index in [0.29, 0.717) is 28.8 Å². The van der Waals surface area contributed by atoms with Crippen molar-refractivity contribution in [2.45, 2.75) is 107 Å². The molecule has 4 nitrogen and oxygen atoms in total. The highest BCUT2D eigenvalue weighted by Crippen LogP contribution is 2.66. The highest BCUT2D eigenvalue weighted by molar-refractivity contribution is 6.22. The van der Waals surface area contributed by atoms with Crippen LogP contribution in [0.2, 0.25) is 0 Å². The minimum atomic E-state index is -8.99. The third-order valence-electron chi connectivity index (χ3n) is 7.91. The maximum Gasteiger partial charge on any atom is 0.393 e. The lowest BCUT2D eigenvalue weighted by atomic mass is 9.89. The van der Waals surface area contributed by atoms with E-state index in [9.17, 15) is 150 Å². The first-order valence-electron chi connectivity index (χ1n) is 14.6. The molecule has 0 atom stereocenters. The minimum absolute atomic E-state index is 0.0730. The van der Waals surface area contributed by atoms with E-state index in [2.05, 4.69) is 23.2 Å². The van der Waals surface area contributed by atoms with Gasteiger partial charge in [0.2, 0.25) is 0 Å². The molecule has 0 unspecified atom stereocenters. The van der Waals surface area contributed by atoms with E-state index in [1.165, 1.54) is 0 Å². The van der Waals surface area contributed by atoms with Gasteiger partial charge in [-0.1, -0.05) is 24.3 Å². The molecule has 1 rings (SSSR count).